The van der Waals surface area contributed by atoms with Crippen molar-refractivity contribution < 1.29 is 4.74 Å². The van der Waals surface area contributed by atoms with Crippen molar-refractivity contribution in [3.63, 3.8) is 0 Å². The molecular formula is C17H20BrNO. The second-order valence-corrected chi connectivity index (χ2v) is 6.01. The van der Waals surface area contributed by atoms with Crippen LogP contribution in [0.2, 0.25) is 0 Å². The Hall–Kier alpha value is -1.32. The maximum Gasteiger partial charge on any atom is 0.133 e. The summed E-state index contributed by atoms with van der Waals surface area (Å²) in [4.78, 5) is 0. The van der Waals surface area contributed by atoms with Gasteiger partial charge < -0.3 is 10.1 Å². The van der Waals surface area contributed by atoms with Crippen LogP contribution >= 0.6 is 15.9 Å². The molecule has 0 unspecified atom stereocenters. The van der Waals surface area contributed by atoms with Crippen LogP contribution in [0.1, 0.15) is 22.3 Å². The van der Waals surface area contributed by atoms with Crippen LogP contribution < -0.4 is 10.1 Å². The first-order valence-corrected chi connectivity index (χ1v) is 7.49. The molecule has 3 heteroatoms. The van der Waals surface area contributed by atoms with Crippen LogP contribution in [-0.2, 0) is 6.54 Å². The van der Waals surface area contributed by atoms with Gasteiger partial charge in [0.25, 0.3) is 0 Å². The molecule has 0 radical (unpaired) electrons. The fourth-order valence-corrected chi connectivity index (χ4v) is 2.53. The molecule has 0 amide bonds. The molecule has 0 atom stereocenters. The van der Waals surface area contributed by atoms with E-state index in [9.17, 15) is 0 Å². The molecule has 20 heavy (non-hydrogen) atoms. The van der Waals surface area contributed by atoms with Gasteiger partial charge in [-0.15, -0.1) is 0 Å². The predicted molar refractivity (Wildman–Crippen MR) is 87.6 cm³/mol. The van der Waals surface area contributed by atoms with Crippen molar-refractivity contribution in [2.45, 2.75) is 27.3 Å². The van der Waals surface area contributed by atoms with Gasteiger partial charge in [-0.05, 0) is 62.7 Å². The molecular weight excluding hydrogens is 314 g/mol. The van der Waals surface area contributed by atoms with E-state index in [4.69, 9.17) is 4.74 Å². The Morgan fingerprint density at radius 2 is 1.80 bits per heavy atom. The number of benzene rings is 2. The molecule has 0 fully saturated rings. The smallest absolute Gasteiger partial charge is 0.133 e. The van der Waals surface area contributed by atoms with E-state index in [1.807, 2.05) is 19.2 Å². The summed E-state index contributed by atoms with van der Waals surface area (Å²) in [5, 5.41) is 3.17. The van der Waals surface area contributed by atoms with E-state index in [0.717, 1.165) is 28.1 Å². The number of ether oxygens (including phenoxy) is 1. The summed E-state index contributed by atoms with van der Waals surface area (Å²) in [6.07, 6.45) is 0. The number of hydrogen-bond donors (Lipinski definition) is 1. The first kappa shape index (κ1) is 15.1. The van der Waals surface area contributed by atoms with Crippen LogP contribution in [0, 0.1) is 20.8 Å². The molecule has 0 aliphatic heterocycles. The third kappa shape index (κ3) is 3.41. The quantitative estimate of drug-likeness (QED) is 0.860. The van der Waals surface area contributed by atoms with Gasteiger partial charge in [-0.2, -0.15) is 0 Å². The van der Waals surface area contributed by atoms with Crippen molar-refractivity contribution >= 4 is 15.9 Å². The number of rotatable bonds is 4. The average molecular weight is 334 g/mol. The largest absolute Gasteiger partial charge is 0.457 e. The normalized spacial score (nSPS) is 10.7. The summed E-state index contributed by atoms with van der Waals surface area (Å²) in [6, 6.07) is 10.4. The molecule has 2 aromatic rings. The van der Waals surface area contributed by atoms with Gasteiger partial charge in [-0.25, -0.2) is 0 Å². The molecule has 0 aromatic heterocycles. The minimum absolute atomic E-state index is 0.784. The summed E-state index contributed by atoms with van der Waals surface area (Å²) >= 11 is 3.51. The fraction of sp³-hybridized carbons (Fsp3) is 0.294. The number of aryl methyl sites for hydroxylation is 2. The highest BCUT2D eigenvalue weighted by Crippen LogP contribution is 2.32. The van der Waals surface area contributed by atoms with Gasteiger partial charge in [0, 0.05) is 16.6 Å². The van der Waals surface area contributed by atoms with Crippen LogP contribution in [0.25, 0.3) is 0 Å². The molecule has 2 rings (SSSR count). The van der Waals surface area contributed by atoms with Crippen LogP contribution in [0.5, 0.6) is 11.5 Å². The first-order chi connectivity index (χ1) is 9.51. The van der Waals surface area contributed by atoms with Crippen molar-refractivity contribution in [2.24, 2.45) is 0 Å². The van der Waals surface area contributed by atoms with E-state index in [1.54, 1.807) is 0 Å². The third-order valence-corrected chi connectivity index (χ3v) is 3.87. The summed E-state index contributed by atoms with van der Waals surface area (Å²) in [6.45, 7) is 7.09. The number of hydrogen-bond acceptors (Lipinski definition) is 2. The average Bonchev–Trinajstić information content (AvgIpc) is 2.38. The molecule has 0 saturated heterocycles. The molecule has 0 heterocycles. The Morgan fingerprint density at radius 3 is 2.50 bits per heavy atom. The summed E-state index contributed by atoms with van der Waals surface area (Å²) in [7, 11) is 1.94. The molecule has 0 saturated carbocycles. The van der Waals surface area contributed by atoms with Crippen molar-refractivity contribution in [2.75, 3.05) is 7.05 Å². The standard InChI is InChI=1S/C17H20BrNO/c1-11-7-12(2)13(3)16(8-11)20-17-9-15(18)6-5-14(17)10-19-4/h5-9,19H,10H2,1-4H3. The van der Waals surface area contributed by atoms with Crippen molar-refractivity contribution in [3.05, 3.63) is 57.1 Å². The van der Waals surface area contributed by atoms with Crippen LogP contribution in [-0.4, -0.2) is 7.05 Å². The van der Waals surface area contributed by atoms with E-state index < -0.39 is 0 Å². The van der Waals surface area contributed by atoms with E-state index in [0.29, 0.717) is 0 Å². The zero-order valence-electron chi connectivity index (χ0n) is 12.4. The monoisotopic (exact) mass is 333 g/mol. The third-order valence-electron chi connectivity index (χ3n) is 3.38. The topological polar surface area (TPSA) is 21.3 Å². The van der Waals surface area contributed by atoms with Gasteiger partial charge in [0.15, 0.2) is 0 Å². The number of nitrogens with one attached hydrogen (secondary N) is 1. The van der Waals surface area contributed by atoms with Crippen LogP contribution in [0.4, 0.5) is 0 Å². The summed E-state index contributed by atoms with van der Waals surface area (Å²) in [5.41, 5.74) is 4.80. The molecule has 106 valence electrons. The number of halogens is 1. The highest BCUT2D eigenvalue weighted by Gasteiger charge is 2.09. The minimum Gasteiger partial charge on any atom is -0.457 e. The Bertz CT molecular complexity index is 623. The fourth-order valence-electron chi connectivity index (χ4n) is 2.19. The van der Waals surface area contributed by atoms with Crippen molar-refractivity contribution in [3.8, 4) is 11.5 Å². The van der Waals surface area contributed by atoms with Gasteiger partial charge in [-0.3, -0.25) is 0 Å². The van der Waals surface area contributed by atoms with E-state index >= 15 is 0 Å². The van der Waals surface area contributed by atoms with Gasteiger partial charge >= 0.3 is 0 Å². The Labute approximate surface area is 129 Å². The Balaban J connectivity index is 2.41. The molecule has 2 aromatic carbocycles. The lowest BCUT2D eigenvalue weighted by Crippen LogP contribution is -2.06. The van der Waals surface area contributed by atoms with Crippen molar-refractivity contribution in [1.82, 2.24) is 5.32 Å². The molecule has 2 nitrogen and oxygen atoms in total. The van der Waals surface area contributed by atoms with E-state index in [1.165, 1.54) is 16.7 Å². The van der Waals surface area contributed by atoms with Crippen LogP contribution in [0.15, 0.2) is 34.8 Å². The SMILES string of the molecule is CNCc1ccc(Br)cc1Oc1cc(C)cc(C)c1C. The lowest BCUT2D eigenvalue weighted by Gasteiger charge is -2.15. The highest BCUT2D eigenvalue weighted by atomic mass is 79.9. The van der Waals surface area contributed by atoms with Crippen LogP contribution in [0.3, 0.4) is 0 Å². The molecule has 0 bridgehead atoms. The van der Waals surface area contributed by atoms with E-state index in [2.05, 4.69) is 60.2 Å². The summed E-state index contributed by atoms with van der Waals surface area (Å²) < 4.78 is 7.19. The molecule has 0 aliphatic carbocycles. The lowest BCUT2D eigenvalue weighted by atomic mass is 10.1. The second-order valence-electron chi connectivity index (χ2n) is 5.09. The van der Waals surface area contributed by atoms with Gasteiger partial charge in [0.2, 0.25) is 0 Å². The Morgan fingerprint density at radius 1 is 1.05 bits per heavy atom. The maximum atomic E-state index is 6.17. The highest BCUT2D eigenvalue weighted by molar-refractivity contribution is 9.10. The maximum absolute atomic E-state index is 6.17. The summed E-state index contributed by atoms with van der Waals surface area (Å²) in [5.74, 6) is 1.82. The molecule has 0 spiro atoms. The van der Waals surface area contributed by atoms with Gasteiger partial charge in [0.05, 0.1) is 0 Å². The zero-order chi connectivity index (χ0) is 14.7. The Kier molecular flexibility index (Phi) is 4.84. The van der Waals surface area contributed by atoms with Gasteiger partial charge in [-0.1, -0.05) is 28.1 Å². The van der Waals surface area contributed by atoms with E-state index in [-0.39, 0.29) is 0 Å². The first-order valence-electron chi connectivity index (χ1n) is 6.70. The molecule has 1 N–H and O–H groups in total. The lowest BCUT2D eigenvalue weighted by molar-refractivity contribution is 0.469. The van der Waals surface area contributed by atoms with Gasteiger partial charge in [0.1, 0.15) is 11.5 Å². The second kappa shape index (κ2) is 6.42. The molecule has 0 aliphatic rings. The minimum atomic E-state index is 0.784. The zero-order valence-corrected chi connectivity index (χ0v) is 14.0. The predicted octanol–water partition coefficient (Wildman–Crippen LogP) is 4.89. The van der Waals surface area contributed by atoms with Crippen molar-refractivity contribution in [1.29, 1.82) is 0 Å².